The number of allylic oxidation sites excluding steroid dienone is 2. The fraction of sp³-hybridized carbons (Fsp3) is 0.368. The van der Waals surface area contributed by atoms with Crippen LogP contribution >= 0.6 is 11.6 Å². The minimum atomic E-state index is -0.0872. The first-order valence-electron chi connectivity index (χ1n) is 8.19. The number of ketones is 1. The first kappa shape index (κ1) is 15.5. The van der Waals surface area contributed by atoms with Crippen LogP contribution in [0.15, 0.2) is 35.5 Å². The summed E-state index contributed by atoms with van der Waals surface area (Å²) < 4.78 is 0. The molecule has 0 amide bonds. The van der Waals surface area contributed by atoms with Crippen molar-refractivity contribution in [3.8, 4) is 0 Å². The summed E-state index contributed by atoms with van der Waals surface area (Å²) in [5, 5.41) is 11.6. The topological polar surface area (TPSA) is 57.8 Å². The number of aromatic amines is 1. The van der Waals surface area contributed by atoms with Gasteiger partial charge < -0.3 is 5.32 Å². The molecular weight excluding hydrogens is 322 g/mol. The number of hydrogen-bond acceptors (Lipinski definition) is 3. The van der Waals surface area contributed by atoms with Gasteiger partial charge in [-0.05, 0) is 36.5 Å². The number of halogens is 1. The van der Waals surface area contributed by atoms with Gasteiger partial charge in [0.05, 0.1) is 0 Å². The monoisotopic (exact) mass is 341 g/mol. The number of benzene rings is 1. The highest BCUT2D eigenvalue weighted by Gasteiger charge is 2.42. The first-order valence-corrected chi connectivity index (χ1v) is 8.57. The molecule has 1 aliphatic carbocycles. The van der Waals surface area contributed by atoms with Gasteiger partial charge in [-0.15, -0.1) is 0 Å². The van der Waals surface area contributed by atoms with Crippen molar-refractivity contribution >= 4 is 23.2 Å². The zero-order chi connectivity index (χ0) is 17.1. The number of Topliss-reactive ketones (excluding diaryl/α,β-unsaturated/α-hetero) is 1. The summed E-state index contributed by atoms with van der Waals surface area (Å²) in [6.45, 7) is 6.27. The lowest BCUT2D eigenvalue weighted by Crippen LogP contribution is -2.33. The number of nitrogens with one attached hydrogen (secondary N) is 2. The van der Waals surface area contributed by atoms with Crippen molar-refractivity contribution in [2.45, 2.75) is 39.5 Å². The van der Waals surface area contributed by atoms with E-state index in [0.29, 0.717) is 11.4 Å². The molecular formula is C19H20ClN3O. The lowest BCUT2D eigenvalue weighted by atomic mass is 9.69. The second-order valence-corrected chi connectivity index (χ2v) is 7.99. The third-order valence-corrected chi connectivity index (χ3v) is 5.22. The third kappa shape index (κ3) is 2.37. The summed E-state index contributed by atoms with van der Waals surface area (Å²) in [6.07, 6.45) is 1.42. The van der Waals surface area contributed by atoms with Gasteiger partial charge in [0, 0.05) is 39.9 Å². The molecule has 4 rings (SSSR count). The van der Waals surface area contributed by atoms with Crippen molar-refractivity contribution in [3.63, 3.8) is 0 Å². The molecule has 2 aliphatic rings. The number of H-pyrrole nitrogens is 1. The van der Waals surface area contributed by atoms with Gasteiger partial charge in [0.1, 0.15) is 0 Å². The molecule has 2 aromatic rings. The Morgan fingerprint density at radius 1 is 1.21 bits per heavy atom. The average Bonchev–Trinajstić information content (AvgIpc) is 2.86. The highest BCUT2D eigenvalue weighted by atomic mass is 35.5. The van der Waals surface area contributed by atoms with Crippen LogP contribution in [-0.2, 0) is 4.79 Å². The number of aromatic nitrogens is 2. The molecule has 5 heteroatoms. The molecule has 0 fully saturated rings. The van der Waals surface area contributed by atoms with Crippen LogP contribution in [-0.4, -0.2) is 16.0 Å². The van der Waals surface area contributed by atoms with E-state index in [-0.39, 0.29) is 17.1 Å². The van der Waals surface area contributed by atoms with Crippen LogP contribution in [0.25, 0.3) is 0 Å². The van der Waals surface area contributed by atoms with Gasteiger partial charge in [0.25, 0.3) is 0 Å². The van der Waals surface area contributed by atoms with Crippen LogP contribution in [0.2, 0.25) is 5.02 Å². The molecule has 24 heavy (non-hydrogen) atoms. The highest BCUT2D eigenvalue weighted by Crippen LogP contribution is 2.49. The zero-order valence-corrected chi connectivity index (χ0v) is 14.8. The van der Waals surface area contributed by atoms with Gasteiger partial charge in [0.2, 0.25) is 0 Å². The predicted octanol–water partition coefficient (Wildman–Crippen LogP) is 4.57. The van der Waals surface area contributed by atoms with Crippen LogP contribution in [0, 0.1) is 12.3 Å². The zero-order valence-electron chi connectivity index (χ0n) is 14.0. The van der Waals surface area contributed by atoms with E-state index >= 15 is 0 Å². The Hall–Kier alpha value is -2.07. The van der Waals surface area contributed by atoms with E-state index in [1.165, 1.54) is 0 Å². The molecule has 124 valence electrons. The molecule has 0 bridgehead atoms. The van der Waals surface area contributed by atoms with Crippen molar-refractivity contribution in [1.29, 1.82) is 0 Å². The minimum Gasteiger partial charge on any atom is -0.342 e. The maximum Gasteiger partial charge on any atom is 0.162 e. The minimum absolute atomic E-state index is 0.0314. The molecule has 2 heterocycles. The van der Waals surface area contributed by atoms with E-state index in [2.05, 4.69) is 29.4 Å². The normalized spacial score (nSPS) is 22.0. The van der Waals surface area contributed by atoms with Crippen LogP contribution in [0.3, 0.4) is 0 Å². The van der Waals surface area contributed by atoms with Gasteiger partial charge >= 0.3 is 0 Å². The van der Waals surface area contributed by atoms with Gasteiger partial charge in [-0.25, -0.2) is 0 Å². The summed E-state index contributed by atoms with van der Waals surface area (Å²) in [6, 6.07) is 7.77. The fourth-order valence-corrected chi connectivity index (χ4v) is 4.07. The Bertz CT molecular complexity index is 861. The van der Waals surface area contributed by atoms with Gasteiger partial charge in [0.15, 0.2) is 11.6 Å². The maximum atomic E-state index is 13.0. The molecule has 0 unspecified atom stereocenters. The molecule has 0 saturated carbocycles. The number of anilines is 1. The average molecular weight is 342 g/mol. The smallest absolute Gasteiger partial charge is 0.162 e. The van der Waals surface area contributed by atoms with E-state index in [0.717, 1.165) is 40.3 Å². The Morgan fingerprint density at radius 3 is 2.62 bits per heavy atom. The Morgan fingerprint density at radius 2 is 1.92 bits per heavy atom. The highest BCUT2D eigenvalue weighted by molar-refractivity contribution is 6.30. The van der Waals surface area contributed by atoms with Crippen LogP contribution < -0.4 is 5.32 Å². The molecule has 1 aliphatic heterocycles. The SMILES string of the molecule is Cc1[nH]nc2c1[C@H](c1ccc(Cl)cc1)C1=C(CC(C)(C)CC1=O)N2. The van der Waals surface area contributed by atoms with Crippen LogP contribution in [0.4, 0.5) is 5.82 Å². The van der Waals surface area contributed by atoms with Crippen LogP contribution in [0.1, 0.15) is 49.4 Å². The van der Waals surface area contributed by atoms with Gasteiger partial charge in [-0.2, -0.15) is 5.10 Å². The van der Waals surface area contributed by atoms with Crippen molar-refractivity contribution in [3.05, 3.63) is 57.4 Å². The lowest BCUT2D eigenvalue weighted by molar-refractivity contribution is -0.118. The number of carbonyl (C=O) groups excluding carboxylic acids is 1. The van der Waals surface area contributed by atoms with Crippen molar-refractivity contribution in [1.82, 2.24) is 10.2 Å². The predicted molar refractivity (Wildman–Crippen MR) is 95.3 cm³/mol. The van der Waals surface area contributed by atoms with Crippen molar-refractivity contribution in [2.24, 2.45) is 5.41 Å². The van der Waals surface area contributed by atoms with Gasteiger partial charge in [-0.1, -0.05) is 37.6 Å². The van der Waals surface area contributed by atoms with Crippen LogP contribution in [0.5, 0.6) is 0 Å². The molecule has 0 radical (unpaired) electrons. The second-order valence-electron chi connectivity index (χ2n) is 7.55. The summed E-state index contributed by atoms with van der Waals surface area (Å²) in [7, 11) is 0. The van der Waals surface area contributed by atoms with E-state index in [9.17, 15) is 4.79 Å². The molecule has 1 aromatic heterocycles. The summed E-state index contributed by atoms with van der Waals surface area (Å²) in [4.78, 5) is 13.0. The summed E-state index contributed by atoms with van der Waals surface area (Å²) in [5.74, 6) is 0.965. The number of aryl methyl sites for hydroxylation is 1. The lowest BCUT2D eigenvalue weighted by Gasteiger charge is -2.38. The number of carbonyl (C=O) groups is 1. The maximum absolute atomic E-state index is 13.0. The van der Waals surface area contributed by atoms with Crippen molar-refractivity contribution in [2.75, 3.05) is 5.32 Å². The summed E-state index contributed by atoms with van der Waals surface area (Å²) in [5.41, 5.74) is 4.98. The fourth-order valence-electron chi connectivity index (χ4n) is 3.94. The number of fused-ring (bicyclic) bond motifs is 1. The van der Waals surface area contributed by atoms with E-state index in [4.69, 9.17) is 11.6 Å². The molecule has 0 spiro atoms. The number of rotatable bonds is 1. The Balaban J connectivity index is 1.93. The van der Waals surface area contributed by atoms with E-state index in [1.54, 1.807) is 0 Å². The molecule has 1 atom stereocenters. The summed E-state index contributed by atoms with van der Waals surface area (Å²) >= 11 is 6.05. The number of hydrogen-bond donors (Lipinski definition) is 2. The van der Waals surface area contributed by atoms with E-state index in [1.807, 2.05) is 31.2 Å². The Kier molecular flexibility index (Phi) is 3.36. The first-order chi connectivity index (χ1) is 11.4. The molecule has 1 aromatic carbocycles. The quantitative estimate of drug-likeness (QED) is 0.798. The number of nitrogens with zero attached hydrogens (tertiary/aromatic N) is 1. The second kappa shape index (κ2) is 5.21. The standard InChI is InChI=1S/C19H20ClN3O/c1-10-15-16(11-4-6-12(20)7-5-11)17-13(21-18(15)23-22-10)8-19(2,3)9-14(17)24/h4-7,16H,8-9H2,1-3H3,(H2,21,22,23)/t16-/m0/s1. The molecule has 2 N–H and O–H groups in total. The Labute approximate surface area is 146 Å². The third-order valence-electron chi connectivity index (χ3n) is 4.96. The largest absolute Gasteiger partial charge is 0.342 e. The van der Waals surface area contributed by atoms with Crippen molar-refractivity contribution < 1.29 is 4.79 Å². The molecule has 4 nitrogen and oxygen atoms in total. The molecule has 0 saturated heterocycles. The van der Waals surface area contributed by atoms with E-state index < -0.39 is 0 Å². The van der Waals surface area contributed by atoms with Gasteiger partial charge in [-0.3, -0.25) is 9.89 Å².